The van der Waals surface area contributed by atoms with Crippen LogP contribution in [0.2, 0.25) is 5.02 Å². The van der Waals surface area contributed by atoms with Gasteiger partial charge in [-0.3, -0.25) is 9.69 Å². The molecular formula is C20H17ClF3N3O2S. The number of aryl methyl sites for hydroxylation is 1. The Morgan fingerprint density at radius 2 is 2.10 bits per heavy atom. The maximum absolute atomic E-state index is 13.4. The summed E-state index contributed by atoms with van der Waals surface area (Å²) in [7, 11) is 0. The maximum atomic E-state index is 13.4. The van der Waals surface area contributed by atoms with Crippen molar-refractivity contribution in [1.29, 1.82) is 0 Å². The van der Waals surface area contributed by atoms with Crippen LogP contribution in [0.4, 0.5) is 19.0 Å². The van der Waals surface area contributed by atoms with Gasteiger partial charge in [0, 0.05) is 18.2 Å². The largest absolute Gasteiger partial charge is 0.487 e. The maximum Gasteiger partial charge on any atom is 0.410 e. The zero-order valence-corrected chi connectivity index (χ0v) is 17.4. The molecule has 1 amide bonds. The fraction of sp³-hybridized carbons (Fsp3) is 0.300. The number of aromatic nitrogens is 2. The molecule has 158 valence electrons. The van der Waals surface area contributed by atoms with Crippen LogP contribution in [0.3, 0.4) is 0 Å². The Kier molecular flexibility index (Phi) is 5.50. The summed E-state index contributed by atoms with van der Waals surface area (Å²) in [5.74, 6) is 0.339. The summed E-state index contributed by atoms with van der Waals surface area (Å²) in [6, 6.07) is 8.53. The number of anilines is 1. The average Bonchev–Trinajstić information content (AvgIpc) is 3.31. The highest BCUT2D eigenvalue weighted by atomic mass is 35.5. The number of carbonyl (C=O) groups excluding carboxylic acids is 1. The normalized spacial score (nSPS) is 16.4. The summed E-state index contributed by atoms with van der Waals surface area (Å²) in [4.78, 5) is 14.8. The number of fused-ring (bicyclic) bond motifs is 1. The third kappa shape index (κ3) is 4.04. The van der Waals surface area contributed by atoms with Gasteiger partial charge >= 0.3 is 6.18 Å². The van der Waals surface area contributed by atoms with E-state index < -0.39 is 12.2 Å². The van der Waals surface area contributed by atoms with Gasteiger partial charge < -0.3 is 4.74 Å². The molecule has 0 fully saturated rings. The summed E-state index contributed by atoms with van der Waals surface area (Å²) < 4.78 is 46.6. The fourth-order valence-electron chi connectivity index (χ4n) is 3.35. The van der Waals surface area contributed by atoms with Crippen LogP contribution < -0.4 is 9.64 Å². The van der Waals surface area contributed by atoms with E-state index in [0.717, 1.165) is 10.2 Å². The molecule has 0 radical (unpaired) electrons. The molecular weight excluding hydrogens is 439 g/mol. The van der Waals surface area contributed by atoms with Crippen LogP contribution >= 0.6 is 22.9 Å². The highest BCUT2D eigenvalue weighted by molar-refractivity contribution is 7.12. The van der Waals surface area contributed by atoms with Crippen molar-refractivity contribution in [1.82, 2.24) is 9.78 Å². The van der Waals surface area contributed by atoms with Crippen LogP contribution in [0.15, 0.2) is 41.8 Å². The fourth-order valence-corrected chi connectivity index (χ4v) is 4.38. The molecule has 3 heterocycles. The number of ether oxygens (including phenoxy) is 1. The first kappa shape index (κ1) is 20.7. The van der Waals surface area contributed by atoms with E-state index >= 15 is 0 Å². The Morgan fingerprint density at radius 1 is 1.33 bits per heavy atom. The minimum Gasteiger partial charge on any atom is -0.487 e. The van der Waals surface area contributed by atoms with E-state index in [1.165, 1.54) is 22.3 Å². The molecule has 0 spiro atoms. The quantitative estimate of drug-likeness (QED) is 0.511. The number of hydrogen-bond donors (Lipinski definition) is 0. The predicted molar refractivity (Wildman–Crippen MR) is 108 cm³/mol. The molecule has 0 N–H and O–H groups in total. The number of hydrogen-bond acceptors (Lipinski definition) is 4. The van der Waals surface area contributed by atoms with Gasteiger partial charge in [-0.1, -0.05) is 23.7 Å². The van der Waals surface area contributed by atoms with Crippen LogP contribution in [0.5, 0.6) is 5.75 Å². The zero-order chi connectivity index (χ0) is 21.5. The van der Waals surface area contributed by atoms with E-state index in [1.54, 1.807) is 42.6 Å². The molecule has 1 atom stereocenters. The zero-order valence-electron chi connectivity index (χ0n) is 15.8. The molecule has 5 nitrogen and oxygen atoms in total. The Bertz CT molecular complexity index is 1080. The minimum absolute atomic E-state index is 0.0303. The van der Waals surface area contributed by atoms with Crippen LogP contribution in [-0.4, -0.2) is 28.4 Å². The van der Waals surface area contributed by atoms with Gasteiger partial charge in [0.25, 0.3) is 5.91 Å². The van der Waals surface area contributed by atoms with Crippen molar-refractivity contribution < 1.29 is 22.7 Å². The third-order valence-electron chi connectivity index (χ3n) is 4.75. The van der Waals surface area contributed by atoms with Gasteiger partial charge in [-0.05, 0) is 36.9 Å². The number of benzene rings is 1. The monoisotopic (exact) mass is 455 g/mol. The lowest BCUT2D eigenvalue weighted by molar-refractivity contribution is -0.172. The van der Waals surface area contributed by atoms with Crippen molar-refractivity contribution in [2.75, 3.05) is 11.4 Å². The van der Waals surface area contributed by atoms with Gasteiger partial charge in [0.05, 0.1) is 15.6 Å². The second-order valence-corrected chi connectivity index (χ2v) is 8.25. The first-order valence-electron chi connectivity index (χ1n) is 9.13. The third-order valence-corrected chi connectivity index (χ3v) is 6.03. The van der Waals surface area contributed by atoms with Crippen LogP contribution in [0, 0.1) is 6.92 Å². The summed E-state index contributed by atoms with van der Waals surface area (Å²) >= 11 is 7.29. The molecule has 0 aliphatic carbocycles. The Hall–Kier alpha value is -2.52. The molecule has 0 saturated heterocycles. The topological polar surface area (TPSA) is 47.4 Å². The van der Waals surface area contributed by atoms with Crippen LogP contribution in [0.25, 0.3) is 0 Å². The summed E-state index contributed by atoms with van der Waals surface area (Å²) in [6.07, 6.45) is -4.66. The number of alkyl halides is 3. The summed E-state index contributed by atoms with van der Waals surface area (Å²) in [5.41, 5.74) is 1.21. The lowest BCUT2D eigenvalue weighted by Crippen LogP contribution is -2.42. The van der Waals surface area contributed by atoms with Crippen molar-refractivity contribution in [2.24, 2.45) is 0 Å². The van der Waals surface area contributed by atoms with Crippen molar-refractivity contribution in [3.8, 4) is 5.75 Å². The van der Waals surface area contributed by atoms with Crippen LogP contribution in [0.1, 0.15) is 33.4 Å². The van der Waals surface area contributed by atoms with E-state index in [0.29, 0.717) is 21.3 Å². The lowest BCUT2D eigenvalue weighted by atomic mass is 10.1. The summed E-state index contributed by atoms with van der Waals surface area (Å²) in [6.45, 7) is 1.80. The predicted octanol–water partition coefficient (Wildman–Crippen LogP) is 5.64. The Balaban J connectivity index is 1.52. The SMILES string of the molecule is Cc1cc2n(n1)C(C(F)(F)F)CCN2C(=O)c1cc(COc2ccccc2Cl)cs1. The second kappa shape index (κ2) is 7.96. The molecule has 0 saturated carbocycles. The van der Waals surface area contributed by atoms with Crippen LogP contribution in [-0.2, 0) is 6.61 Å². The molecule has 3 aromatic rings. The number of thiophene rings is 1. The molecule has 1 aliphatic rings. The number of carbonyl (C=O) groups is 1. The van der Waals surface area contributed by atoms with Crippen molar-refractivity contribution >= 4 is 34.7 Å². The van der Waals surface area contributed by atoms with E-state index in [2.05, 4.69) is 5.10 Å². The smallest absolute Gasteiger partial charge is 0.410 e. The van der Waals surface area contributed by atoms with E-state index in [9.17, 15) is 18.0 Å². The molecule has 1 unspecified atom stereocenters. The Morgan fingerprint density at radius 3 is 2.83 bits per heavy atom. The molecule has 30 heavy (non-hydrogen) atoms. The number of halogens is 4. The van der Waals surface area contributed by atoms with Crippen molar-refractivity contribution in [2.45, 2.75) is 32.2 Å². The second-order valence-electron chi connectivity index (χ2n) is 6.93. The summed E-state index contributed by atoms with van der Waals surface area (Å²) in [5, 5.41) is 6.25. The molecule has 10 heteroatoms. The lowest BCUT2D eigenvalue weighted by Gasteiger charge is -2.33. The standard InChI is InChI=1S/C20H17ClF3N3O2S/c1-12-8-18-26(7-6-17(20(22,23)24)27(18)25-12)19(28)16-9-13(11-30-16)10-29-15-5-3-2-4-14(15)21/h2-5,8-9,11,17H,6-7,10H2,1H3. The number of nitrogens with zero attached hydrogens (tertiary/aromatic N) is 3. The Labute approximate surface area is 179 Å². The van der Waals surface area contributed by atoms with Gasteiger partial charge in [0.2, 0.25) is 0 Å². The van der Waals surface area contributed by atoms with Crippen molar-refractivity contribution in [3.63, 3.8) is 0 Å². The molecule has 1 aromatic carbocycles. The highest BCUT2D eigenvalue weighted by Crippen LogP contribution is 2.40. The van der Waals surface area contributed by atoms with Gasteiger partial charge in [0.15, 0.2) is 6.04 Å². The first-order chi connectivity index (χ1) is 14.2. The molecule has 2 aromatic heterocycles. The van der Waals surface area contributed by atoms with Gasteiger partial charge in [-0.2, -0.15) is 18.3 Å². The van der Waals surface area contributed by atoms with Gasteiger partial charge in [-0.15, -0.1) is 11.3 Å². The average molecular weight is 456 g/mol. The number of rotatable bonds is 4. The van der Waals surface area contributed by atoms with E-state index in [4.69, 9.17) is 16.3 Å². The highest BCUT2D eigenvalue weighted by Gasteiger charge is 2.46. The van der Waals surface area contributed by atoms with Gasteiger partial charge in [0.1, 0.15) is 18.2 Å². The molecule has 0 bridgehead atoms. The molecule has 1 aliphatic heterocycles. The number of amides is 1. The number of para-hydroxylation sites is 1. The van der Waals surface area contributed by atoms with E-state index in [1.807, 2.05) is 0 Å². The van der Waals surface area contributed by atoms with Crippen molar-refractivity contribution in [3.05, 3.63) is 62.9 Å². The molecule has 4 rings (SSSR count). The first-order valence-corrected chi connectivity index (χ1v) is 10.4. The minimum atomic E-state index is -4.42. The van der Waals surface area contributed by atoms with E-state index in [-0.39, 0.29) is 31.3 Å². The van der Waals surface area contributed by atoms with Gasteiger partial charge in [-0.25, -0.2) is 4.68 Å².